The van der Waals surface area contributed by atoms with Gasteiger partial charge in [-0.25, -0.2) is 4.98 Å². The van der Waals surface area contributed by atoms with E-state index >= 15 is 0 Å². The molecule has 1 aliphatic rings. The van der Waals surface area contributed by atoms with Gasteiger partial charge in [-0.2, -0.15) is 0 Å². The molecule has 2 aromatic rings. The van der Waals surface area contributed by atoms with Gasteiger partial charge in [-0.15, -0.1) is 0 Å². The van der Waals surface area contributed by atoms with E-state index in [1.807, 2.05) is 4.90 Å². The highest BCUT2D eigenvalue weighted by Crippen LogP contribution is 2.15. The zero-order chi connectivity index (χ0) is 17.1. The molecule has 0 unspecified atom stereocenters. The maximum atomic E-state index is 12.2. The normalized spacial score (nSPS) is 14.2. The fourth-order valence-electron chi connectivity index (χ4n) is 2.43. The van der Waals surface area contributed by atoms with Crippen molar-refractivity contribution in [2.24, 2.45) is 0 Å². The first-order valence-corrected chi connectivity index (χ1v) is 7.52. The summed E-state index contributed by atoms with van der Waals surface area (Å²) in [5.74, 6) is 0.123. The molecule has 0 saturated carbocycles. The number of amides is 2. The standard InChI is InChI=1S/C16H17N5O3/c1-10-2-4-12(15(23)19-10)16(24)20-11-3-5-13(18-8-11)21-7-6-17-14(22)9-21/h2-5,8H,6-7,9H2,1H3,(H,17,22)(H,19,23)(H,20,24). The summed E-state index contributed by atoms with van der Waals surface area (Å²) in [5.41, 5.74) is 0.770. The van der Waals surface area contributed by atoms with Crippen molar-refractivity contribution >= 4 is 23.3 Å². The molecule has 0 atom stereocenters. The summed E-state index contributed by atoms with van der Waals surface area (Å²) >= 11 is 0. The van der Waals surface area contributed by atoms with Crippen molar-refractivity contribution in [3.05, 3.63) is 52.1 Å². The lowest BCUT2D eigenvalue weighted by Crippen LogP contribution is -2.48. The van der Waals surface area contributed by atoms with Crippen LogP contribution in [-0.4, -0.2) is 41.4 Å². The smallest absolute Gasteiger partial charge is 0.261 e. The van der Waals surface area contributed by atoms with Crippen molar-refractivity contribution in [1.29, 1.82) is 0 Å². The Morgan fingerprint density at radius 1 is 1.25 bits per heavy atom. The van der Waals surface area contributed by atoms with E-state index in [-0.39, 0.29) is 18.0 Å². The van der Waals surface area contributed by atoms with Crippen molar-refractivity contribution in [2.45, 2.75) is 6.92 Å². The van der Waals surface area contributed by atoms with E-state index in [2.05, 4.69) is 20.6 Å². The summed E-state index contributed by atoms with van der Waals surface area (Å²) < 4.78 is 0. The largest absolute Gasteiger partial charge is 0.353 e. The predicted octanol–water partition coefficient (Wildman–Crippen LogP) is 0.267. The van der Waals surface area contributed by atoms with Crippen molar-refractivity contribution < 1.29 is 9.59 Å². The Labute approximate surface area is 137 Å². The molecule has 1 saturated heterocycles. The van der Waals surface area contributed by atoms with Crippen LogP contribution in [0.4, 0.5) is 11.5 Å². The first-order valence-electron chi connectivity index (χ1n) is 7.52. The van der Waals surface area contributed by atoms with Crippen LogP contribution in [0.2, 0.25) is 0 Å². The van der Waals surface area contributed by atoms with Gasteiger partial charge in [0.2, 0.25) is 5.91 Å². The Morgan fingerprint density at radius 2 is 2.08 bits per heavy atom. The number of hydrogen-bond acceptors (Lipinski definition) is 5. The number of anilines is 2. The Kier molecular flexibility index (Phi) is 4.28. The van der Waals surface area contributed by atoms with Gasteiger partial charge in [0.25, 0.3) is 11.5 Å². The van der Waals surface area contributed by atoms with Gasteiger partial charge >= 0.3 is 0 Å². The van der Waals surface area contributed by atoms with Crippen LogP contribution in [0, 0.1) is 6.92 Å². The van der Waals surface area contributed by atoms with E-state index in [0.29, 0.717) is 30.3 Å². The Hall–Kier alpha value is -3.16. The van der Waals surface area contributed by atoms with Crippen LogP contribution in [0.5, 0.6) is 0 Å². The number of nitrogens with one attached hydrogen (secondary N) is 3. The lowest BCUT2D eigenvalue weighted by Gasteiger charge is -2.27. The summed E-state index contributed by atoms with van der Waals surface area (Å²) in [6.07, 6.45) is 1.50. The average molecular weight is 327 g/mol. The van der Waals surface area contributed by atoms with Gasteiger partial charge in [-0.3, -0.25) is 14.4 Å². The Bertz CT molecular complexity index is 828. The molecule has 1 aliphatic heterocycles. The molecule has 8 nitrogen and oxygen atoms in total. The summed E-state index contributed by atoms with van der Waals surface area (Å²) in [6.45, 7) is 3.27. The number of pyridine rings is 2. The van der Waals surface area contributed by atoms with Crippen LogP contribution < -0.4 is 21.1 Å². The fourth-order valence-corrected chi connectivity index (χ4v) is 2.43. The molecule has 124 valence electrons. The van der Waals surface area contributed by atoms with E-state index in [9.17, 15) is 14.4 Å². The Morgan fingerprint density at radius 3 is 2.75 bits per heavy atom. The third kappa shape index (κ3) is 3.43. The number of nitrogens with zero attached hydrogens (tertiary/aromatic N) is 2. The van der Waals surface area contributed by atoms with Gasteiger partial charge in [0.05, 0.1) is 18.4 Å². The molecule has 2 amide bonds. The van der Waals surface area contributed by atoms with Crippen LogP contribution in [0.1, 0.15) is 16.1 Å². The molecule has 2 aromatic heterocycles. The molecule has 3 heterocycles. The van der Waals surface area contributed by atoms with E-state index in [0.717, 1.165) is 0 Å². The number of carbonyl (C=O) groups excluding carboxylic acids is 2. The van der Waals surface area contributed by atoms with Crippen molar-refractivity contribution in [1.82, 2.24) is 15.3 Å². The fraction of sp³-hybridized carbons (Fsp3) is 0.250. The topological polar surface area (TPSA) is 107 Å². The maximum Gasteiger partial charge on any atom is 0.261 e. The SMILES string of the molecule is Cc1ccc(C(=O)Nc2ccc(N3CCNC(=O)C3)nc2)c(=O)[nH]1. The monoisotopic (exact) mass is 327 g/mol. The molecule has 3 N–H and O–H groups in total. The summed E-state index contributed by atoms with van der Waals surface area (Å²) in [7, 11) is 0. The van der Waals surface area contributed by atoms with E-state index in [4.69, 9.17) is 0 Å². The highest BCUT2D eigenvalue weighted by molar-refractivity contribution is 6.03. The highest BCUT2D eigenvalue weighted by atomic mass is 16.2. The average Bonchev–Trinajstić information content (AvgIpc) is 2.55. The minimum atomic E-state index is -0.497. The quantitative estimate of drug-likeness (QED) is 0.750. The lowest BCUT2D eigenvalue weighted by molar-refractivity contribution is -0.120. The van der Waals surface area contributed by atoms with Gasteiger partial charge in [0, 0.05) is 18.8 Å². The first-order chi connectivity index (χ1) is 11.5. The number of hydrogen-bond donors (Lipinski definition) is 3. The highest BCUT2D eigenvalue weighted by Gasteiger charge is 2.17. The molecule has 24 heavy (non-hydrogen) atoms. The van der Waals surface area contributed by atoms with Crippen LogP contribution in [0.3, 0.4) is 0 Å². The number of aromatic amines is 1. The van der Waals surface area contributed by atoms with Crippen LogP contribution in [0.15, 0.2) is 35.3 Å². The lowest BCUT2D eigenvalue weighted by atomic mass is 10.2. The molecule has 0 spiro atoms. The number of aryl methyl sites for hydroxylation is 1. The minimum absolute atomic E-state index is 0.0392. The molecule has 0 aliphatic carbocycles. The number of rotatable bonds is 3. The van der Waals surface area contributed by atoms with Crippen LogP contribution in [0.25, 0.3) is 0 Å². The van der Waals surface area contributed by atoms with Crippen LogP contribution >= 0.6 is 0 Å². The van der Waals surface area contributed by atoms with Gasteiger partial charge in [0.1, 0.15) is 11.4 Å². The minimum Gasteiger partial charge on any atom is -0.353 e. The molecular weight excluding hydrogens is 310 g/mol. The van der Waals surface area contributed by atoms with E-state index in [1.165, 1.54) is 12.3 Å². The third-order valence-corrected chi connectivity index (χ3v) is 3.67. The summed E-state index contributed by atoms with van der Waals surface area (Å²) in [6, 6.07) is 6.57. The van der Waals surface area contributed by atoms with Crippen molar-refractivity contribution in [3.8, 4) is 0 Å². The Balaban J connectivity index is 1.70. The van der Waals surface area contributed by atoms with E-state index in [1.54, 1.807) is 25.1 Å². The number of aromatic nitrogens is 2. The number of H-pyrrole nitrogens is 1. The second kappa shape index (κ2) is 6.53. The molecule has 0 bridgehead atoms. The first kappa shape index (κ1) is 15.7. The number of piperazine rings is 1. The van der Waals surface area contributed by atoms with Gasteiger partial charge < -0.3 is 20.5 Å². The molecule has 1 fully saturated rings. The van der Waals surface area contributed by atoms with E-state index < -0.39 is 11.5 Å². The van der Waals surface area contributed by atoms with Crippen molar-refractivity contribution in [3.63, 3.8) is 0 Å². The van der Waals surface area contributed by atoms with Gasteiger partial charge in [-0.05, 0) is 31.2 Å². The molecule has 3 rings (SSSR count). The molecule has 0 radical (unpaired) electrons. The number of carbonyl (C=O) groups is 2. The zero-order valence-electron chi connectivity index (χ0n) is 13.1. The molecule has 0 aromatic carbocycles. The van der Waals surface area contributed by atoms with Gasteiger partial charge in [0.15, 0.2) is 0 Å². The predicted molar refractivity (Wildman–Crippen MR) is 89.2 cm³/mol. The molecule has 8 heteroatoms. The zero-order valence-corrected chi connectivity index (χ0v) is 13.1. The van der Waals surface area contributed by atoms with Crippen molar-refractivity contribution in [2.75, 3.05) is 29.9 Å². The summed E-state index contributed by atoms with van der Waals surface area (Å²) in [4.78, 5) is 44.0. The summed E-state index contributed by atoms with van der Waals surface area (Å²) in [5, 5.41) is 5.39. The third-order valence-electron chi connectivity index (χ3n) is 3.67. The maximum absolute atomic E-state index is 12.2. The van der Waals surface area contributed by atoms with Crippen LogP contribution in [-0.2, 0) is 4.79 Å². The molecular formula is C16H17N5O3. The second-order valence-corrected chi connectivity index (χ2v) is 5.51. The van der Waals surface area contributed by atoms with Gasteiger partial charge in [-0.1, -0.05) is 0 Å². The second-order valence-electron chi connectivity index (χ2n) is 5.51.